The minimum absolute atomic E-state index is 0. The standard InChI is InChI=1S/C54H45N2.Y/c1-37-11-23-45(24-12-37)55(44-9-7-6-8-10-44)48-29-19-42(20-30-48)54(52-35-40(4)17-33-50(52)51-34-18-41(5)36-53(51)54)43-21-31-49(32-22-43)56(46-25-13-38(2)14-26-46)47-27-15-39(3)16-28-47;/h7-36H,1-5H3;/q-1;+3. The Bertz CT molecular complexity index is 2550. The summed E-state index contributed by atoms with van der Waals surface area (Å²) in [5.74, 6) is 0. The predicted octanol–water partition coefficient (Wildman–Crippen LogP) is 14.3. The van der Waals surface area contributed by atoms with Crippen molar-refractivity contribution in [2.75, 3.05) is 9.80 Å². The Balaban J connectivity index is 0.00000455. The Labute approximate surface area is 363 Å². The van der Waals surface area contributed by atoms with E-state index in [1.54, 1.807) is 0 Å². The van der Waals surface area contributed by atoms with E-state index < -0.39 is 5.41 Å². The van der Waals surface area contributed by atoms with Crippen LogP contribution in [0.5, 0.6) is 0 Å². The molecule has 0 fully saturated rings. The molecule has 0 bridgehead atoms. The van der Waals surface area contributed by atoms with Gasteiger partial charge in [0.2, 0.25) is 0 Å². The molecule has 0 saturated carbocycles. The predicted molar refractivity (Wildman–Crippen MR) is 236 cm³/mol. The van der Waals surface area contributed by atoms with Crippen LogP contribution in [0.15, 0.2) is 182 Å². The molecule has 57 heavy (non-hydrogen) atoms. The maximum Gasteiger partial charge on any atom is 3.00 e. The van der Waals surface area contributed by atoms with Crippen molar-refractivity contribution in [3.8, 4) is 11.1 Å². The maximum atomic E-state index is 3.20. The molecule has 0 spiro atoms. The average molecular weight is 811 g/mol. The van der Waals surface area contributed by atoms with Gasteiger partial charge in [-0.25, -0.2) is 0 Å². The van der Waals surface area contributed by atoms with E-state index in [2.05, 4.69) is 220 Å². The summed E-state index contributed by atoms with van der Waals surface area (Å²) in [4.78, 5) is 4.68. The molecule has 0 amide bonds. The molecule has 272 valence electrons. The number of anilines is 6. The number of nitrogens with zero attached hydrogens (tertiary/aromatic N) is 2. The third kappa shape index (κ3) is 6.96. The number of rotatable bonds is 8. The molecule has 0 N–H and O–H groups in total. The van der Waals surface area contributed by atoms with Crippen LogP contribution >= 0.6 is 0 Å². The Hall–Kier alpha value is -5.54. The molecule has 0 saturated heterocycles. The molecule has 1 aliphatic carbocycles. The normalized spacial score (nSPS) is 12.3. The Morgan fingerprint density at radius 2 is 0.614 bits per heavy atom. The molecule has 8 aromatic rings. The second kappa shape index (κ2) is 15.8. The summed E-state index contributed by atoms with van der Waals surface area (Å²) in [5, 5.41) is 0. The molecule has 0 unspecified atom stereocenters. The molecule has 1 aliphatic rings. The average Bonchev–Trinajstić information content (AvgIpc) is 3.50. The van der Waals surface area contributed by atoms with Crippen LogP contribution in [0.1, 0.15) is 50.1 Å². The second-order valence-electron chi connectivity index (χ2n) is 15.4. The zero-order valence-electron chi connectivity index (χ0n) is 33.3. The fourth-order valence-corrected chi connectivity index (χ4v) is 8.56. The van der Waals surface area contributed by atoms with Gasteiger partial charge in [0.25, 0.3) is 0 Å². The summed E-state index contributed by atoms with van der Waals surface area (Å²) in [7, 11) is 0. The van der Waals surface area contributed by atoms with Crippen molar-refractivity contribution in [3.05, 3.63) is 238 Å². The van der Waals surface area contributed by atoms with Crippen LogP contribution in [0.4, 0.5) is 34.1 Å². The first-order chi connectivity index (χ1) is 27.3. The molecule has 0 aromatic heterocycles. The zero-order valence-corrected chi connectivity index (χ0v) is 36.1. The van der Waals surface area contributed by atoms with Gasteiger partial charge in [-0.1, -0.05) is 131 Å². The summed E-state index contributed by atoms with van der Waals surface area (Å²) < 4.78 is 0. The van der Waals surface area contributed by atoms with Gasteiger partial charge < -0.3 is 9.80 Å². The Morgan fingerprint density at radius 3 is 0.947 bits per heavy atom. The smallest absolute Gasteiger partial charge is 0.334 e. The van der Waals surface area contributed by atoms with Gasteiger partial charge in [-0.3, -0.25) is 0 Å². The Kier molecular flexibility index (Phi) is 10.6. The number of hydrogen-bond acceptors (Lipinski definition) is 2. The number of hydrogen-bond donors (Lipinski definition) is 0. The molecule has 0 radical (unpaired) electrons. The molecule has 8 aromatic carbocycles. The molecule has 2 nitrogen and oxygen atoms in total. The molecular weight excluding hydrogens is 766 g/mol. The quantitative estimate of drug-likeness (QED) is 0.141. The molecule has 0 aliphatic heterocycles. The first-order valence-electron chi connectivity index (χ1n) is 19.5. The minimum atomic E-state index is -0.533. The van der Waals surface area contributed by atoms with Crippen molar-refractivity contribution in [1.82, 2.24) is 0 Å². The maximum absolute atomic E-state index is 3.20. The minimum Gasteiger partial charge on any atom is -0.334 e. The van der Waals surface area contributed by atoms with E-state index in [4.69, 9.17) is 0 Å². The van der Waals surface area contributed by atoms with Gasteiger partial charge in [0.05, 0.1) is 5.41 Å². The SMILES string of the molecule is Cc1ccc(N(c2cc[c-]cc2)c2ccc(C3(c4ccc(N(c5ccc(C)cc5)c5ccc(C)cc5)cc4)c4cc(C)ccc4-c4ccc(C)cc43)cc2)cc1.[Y+3]. The summed E-state index contributed by atoms with van der Waals surface area (Å²) in [6.07, 6.45) is 0. The van der Waals surface area contributed by atoms with E-state index in [9.17, 15) is 0 Å². The van der Waals surface area contributed by atoms with Gasteiger partial charge in [-0.15, -0.1) is 12.1 Å². The largest absolute Gasteiger partial charge is 3.00 e. The molecule has 0 heterocycles. The van der Waals surface area contributed by atoms with Crippen LogP contribution in [0.2, 0.25) is 0 Å². The van der Waals surface area contributed by atoms with Crippen LogP contribution in [-0.2, 0) is 38.1 Å². The van der Waals surface area contributed by atoms with Crippen molar-refractivity contribution in [2.45, 2.75) is 40.0 Å². The number of fused-ring (bicyclic) bond motifs is 3. The van der Waals surface area contributed by atoms with Gasteiger partial charge in [0.15, 0.2) is 0 Å². The number of aryl methyl sites for hydroxylation is 5. The van der Waals surface area contributed by atoms with E-state index >= 15 is 0 Å². The van der Waals surface area contributed by atoms with Gasteiger partial charge >= 0.3 is 32.7 Å². The fraction of sp³-hybridized carbons (Fsp3) is 0.111. The van der Waals surface area contributed by atoms with Gasteiger partial charge in [-0.2, -0.15) is 18.2 Å². The van der Waals surface area contributed by atoms with Crippen LogP contribution in [0.25, 0.3) is 11.1 Å². The first-order valence-corrected chi connectivity index (χ1v) is 19.5. The molecule has 3 heteroatoms. The van der Waals surface area contributed by atoms with Crippen molar-refractivity contribution in [1.29, 1.82) is 0 Å². The van der Waals surface area contributed by atoms with E-state index in [-0.39, 0.29) is 32.7 Å². The zero-order chi connectivity index (χ0) is 38.4. The second-order valence-corrected chi connectivity index (χ2v) is 15.4. The van der Waals surface area contributed by atoms with Crippen LogP contribution in [0, 0.1) is 40.7 Å². The Morgan fingerprint density at radius 1 is 0.333 bits per heavy atom. The summed E-state index contributed by atoms with van der Waals surface area (Å²) in [6, 6.07) is 70.4. The van der Waals surface area contributed by atoms with Crippen LogP contribution in [0.3, 0.4) is 0 Å². The van der Waals surface area contributed by atoms with E-state index in [1.807, 2.05) is 12.1 Å². The number of benzene rings is 8. The summed E-state index contributed by atoms with van der Waals surface area (Å²) in [6.45, 7) is 10.8. The summed E-state index contributed by atoms with van der Waals surface area (Å²) >= 11 is 0. The van der Waals surface area contributed by atoms with Gasteiger partial charge in [0, 0.05) is 28.4 Å². The van der Waals surface area contributed by atoms with Crippen molar-refractivity contribution in [3.63, 3.8) is 0 Å². The first kappa shape index (κ1) is 38.3. The van der Waals surface area contributed by atoms with Crippen LogP contribution in [-0.4, -0.2) is 0 Å². The fourth-order valence-electron chi connectivity index (χ4n) is 8.56. The molecular formula is C54H45N2Y+2. The van der Waals surface area contributed by atoms with Gasteiger partial charge in [-0.05, 0) is 129 Å². The van der Waals surface area contributed by atoms with E-state index in [1.165, 1.54) is 61.2 Å². The monoisotopic (exact) mass is 810 g/mol. The van der Waals surface area contributed by atoms with Crippen molar-refractivity contribution < 1.29 is 32.7 Å². The molecule has 9 rings (SSSR count). The third-order valence-corrected chi connectivity index (χ3v) is 11.4. The molecule has 0 atom stereocenters. The third-order valence-electron chi connectivity index (χ3n) is 11.4. The van der Waals surface area contributed by atoms with Crippen LogP contribution < -0.4 is 9.80 Å². The van der Waals surface area contributed by atoms with Crippen molar-refractivity contribution >= 4 is 34.1 Å². The topological polar surface area (TPSA) is 6.48 Å². The van der Waals surface area contributed by atoms with Crippen molar-refractivity contribution in [2.24, 2.45) is 0 Å². The summed E-state index contributed by atoms with van der Waals surface area (Å²) in [5.41, 5.74) is 20.1. The van der Waals surface area contributed by atoms with E-state index in [0.29, 0.717) is 0 Å². The van der Waals surface area contributed by atoms with E-state index in [0.717, 1.165) is 34.1 Å². The van der Waals surface area contributed by atoms with Gasteiger partial charge in [0.1, 0.15) is 0 Å².